The smallest absolute Gasteiger partial charge is 0 e. The van der Waals surface area contributed by atoms with Crippen LogP contribution in [0.25, 0.3) is 0 Å². The van der Waals surface area contributed by atoms with E-state index in [0.29, 0.717) is 22.5 Å². The van der Waals surface area contributed by atoms with E-state index in [4.69, 9.17) is 32.3 Å². The van der Waals surface area contributed by atoms with Crippen molar-refractivity contribution in [3.8, 4) is 0 Å². The van der Waals surface area contributed by atoms with Crippen molar-refractivity contribution in [2.75, 3.05) is 0 Å². The minimum Gasteiger partial charge on any atom is 0 e. The molecule has 2 aliphatic rings. The molecular weight excluding hydrogens is 610 g/mol. The fourth-order valence-electron chi connectivity index (χ4n) is 5.56. The summed E-state index contributed by atoms with van der Waals surface area (Å²) >= 11 is 0. The molecule has 0 unspecified atom stereocenters. The summed E-state index contributed by atoms with van der Waals surface area (Å²) in [6.07, 6.45) is 10.8. The van der Waals surface area contributed by atoms with Gasteiger partial charge in [0.25, 0.3) is 8.32 Å². The molecular formula is C28H38Co2O8Si. The van der Waals surface area contributed by atoms with Crippen LogP contribution in [0.15, 0.2) is 11.8 Å². The van der Waals surface area contributed by atoms with E-state index in [1.54, 1.807) is 0 Å². The van der Waals surface area contributed by atoms with Gasteiger partial charge in [-0.05, 0) is 70.9 Å². The van der Waals surface area contributed by atoms with Gasteiger partial charge in [0.2, 0.25) is 0 Å². The number of rotatable bonds is 5. The minimum absolute atomic E-state index is 0. The SMILES string of the molecule is CC(C)[Si](O/C=C1\C[C]=[C][C@H](O)[C@H]2CC(C)(C)C[C@@H]12)(C(C)C)C(C)C.[C-]#[O+].[C-]#[O+].[C-]#[O+].[C-]#[O+].[C-]#[O+].[C-]#[O+].[Co].[Co]. The fourth-order valence-corrected chi connectivity index (χ4v) is 10.7. The number of aliphatic hydroxyl groups excluding tert-OH is 1. The Morgan fingerprint density at radius 2 is 1.15 bits per heavy atom. The zero-order valence-electron chi connectivity index (χ0n) is 23.6. The molecule has 4 radical (unpaired) electrons. The topological polar surface area (TPSA) is 149 Å². The maximum absolute atomic E-state index is 10.5. The second-order valence-corrected chi connectivity index (χ2v) is 15.3. The second-order valence-electron chi connectivity index (χ2n) is 9.91. The normalized spacial score (nSPS) is 20.2. The first kappa shape index (κ1) is 54.1. The molecule has 1 fully saturated rings. The molecule has 11 heteroatoms. The number of hydrogen-bond acceptors (Lipinski definition) is 2. The Morgan fingerprint density at radius 3 is 1.49 bits per heavy atom. The van der Waals surface area contributed by atoms with Gasteiger partial charge >= 0.3 is 67.8 Å². The van der Waals surface area contributed by atoms with E-state index in [1.165, 1.54) is 5.57 Å². The largest absolute Gasteiger partial charge is 0 e. The Bertz CT molecular complexity index is 710. The summed E-state index contributed by atoms with van der Waals surface area (Å²) in [5, 5.41) is 10.5. The molecule has 2 rings (SSSR count). The van der Waals surface area contributed by atoms with Crippen molar-refractivity contribution in [3.63, 3.8) is 0 Å². The quantitative estimate of drug-likeness (QED) is 0.173. The van der Waals surface area contributed by atoms with E-state index in [2.05, 4.69) is 114 Å². The average molecular weight is 649 g/mol. The first-order chi connectivity index (χ1) is 17.5. The summed E-state index contributed by atoms with van der Waals surface area (Å²) in [5.74, 6) is 0.652. The summed E-state index contributed by atoms with van der Waals surface area (Å²) in [5.41, 5.74) is 3.31. The number of hydrogen-bond donors (Lipinski definition) is 1. The monoisotopic (exact) mass is 648 g/mol. The third-order valence-corrected chi connectivity index (χ3v) is 12.6. The molecule has 0 saturated heterocycles. The van der Waals surface area contributed by atoms with Crippen molar-refractivity contribution < 1.29 is 71.0 Å². The minimum atomic E-state index is -1.91. The molecule has 0 amide bonds. The molecule has 0 aromatic carbocycles. The summed E-state index contributed by atoms with van der Waals surface area (Å²) in [4.78, 5) is 0. The van der Waals surface area contributed by atoms with Crippen LogP contribution >= 0.6 is 0 Å². The maximum atomic E-state index is 10.5. The van der Waals surface area contributed by atoms with Crippen LogP contribution in [0.4, 0.5) is 0 Å². The van der Waals surface area contributed by atoms with E-state index in [9.17, 15) is 5.11 Å². The van der Waals surface area contributed by atoms with Gasteiger partial charge in [-0.3, -0.25) is 0 Å². The van der Waals surface area contributed by atoms with Gasteiger partial charge in [-0.25, -0.2) is 0 Å². The summed E-state index contributed by atoms with van der Waals surface area (Å²) < 4.78 is 51.7. The molecule has 1 N–H and O–H groups in total. The molecule has 220 valence electrons. The van der Waals surface area contributed by atoms with Crippen LogP contribution in [0.5, 0.6) is 0 Å². The molecule has 0 aliphatic heterocycles. The molecule has 0 spiro atoms. The van der Waals surface area contributed by atoms with Crippen molar-refractivity contribution in [1.29, 1.82) is 0 Å². The standard InChI is InChI=1S/C22H38O2Si.6CO.2Co/c1-15(2)25(16(3)4,17(5)6)24-14-18-10-9-11-21(23)20-13-22(7,8)12-19(18)20;6*1-2;;/h14-17,19-21,23H,10,12-13H2,1-8H3;;;;;;;;/b18-14+;;;;;;;;/t19-,20-,21-;;;;;;;;/m0......../s1. The van der Waals surface area contributed by atoms with Crippen LogP contribution < -0.4 is 0 Å². The Labute approximate surface area is 257 Å². The van der Waals surface area contributed by atoms with Gasteiger partial charge in [-0.2, -0.15) is 0 Å². The predicted molar refractivity (Wildman–Crippen MR) is 131 cm³/mol. The first-order valence-electron chi connectivity index (χ1n) is 11.3. The van der Waals surface area contributed by atoms with Crippen molar-refractivity contribution in [1.82, 2.24) is 0 Å². The second kappa shape index (κ2) is 31.4. The zero-order valence-corrected chi connectivity index (χ0v) is 26.7. The zero-order chi connectivity index (χ0) is 31.0. The molecule has 8 nitrogen and oxygen atoms in total. The van der Waals surface area contributed by atoms with E-state index in [-0.39, 0.29) is 44.9 Å². The van der Waals surface area contributed by atoms with Gasteiger partial charge in [0, 0.05) is 33.6 Å². The van der Waals surface area contributed by atoms with Crippen molar-refractivity contribution in [2.45, 2.75) is 97.4 Å². The van der Waals surface area contributed by atoms with Gasteiger partial charge < -0.3 is 9.53 Å². The molecule has 0 bridgehead atoms. The molecule has 3 atom stereocenters. The van der Waals surface area contributed by atoms with Crippen LogP contribution in [0, 0.1) is 69.3 Å². The van der Waals surface area contributed by atoms with Gasteiger partial charge in [-0.15, -0.1) is 0 Å². The molecule has 2 aliphatic carbocycles. The third kappa shape index (κ3) is 17.4. The van der Waals surface area contributed by atoms with Crippen molar-refractivity contribution >= 4 is 8.32 Å². The first-order valence-corrected chi connectivity index (χ1v) is 13.4. The van der Waals surface area contributed by atoms with Crippen LogP contribution in [0.3, 0.4) is 0 Å². The van der Waals surface area contributed by atoms with Crippen LogP contribution in [0.2, 0.25) is 16.6 Å². The van der Waals surface area contributed by atoms with Crippen LogP contribution in [0.1, 0.15) is 74.7 Å². The van der Waals surface area contributed by atoms with E-state index >= 15 is 0 Å². The summed E-state index contributed by atoms with van der Waals surface area (Å²) in [6.45, 7) is 45.6. The number of allylic oxidation sites excluding steroid dienone is 2. The molecule has 1 saturated carbocycles. The van der Waals surface area contributed by atoms with Gasteiger partial charge in [0.15, 0.2) is 0 Å². The molecule has 0 heterocycles. The average Bonchev–Trinajstić information content (AvgIpc) is 3.18. The number of aliphatic hydroxyl groups is 1. The van der Waals surface area contributed by atoms with E-state index in [1.807, 2.05) is 0 Å². The van der Waals surface area contributed by atoms with Gasteiger partial charge in [0.05, 0.1) is 12.4 Å². The Morgan fingerprint density at radius 1 is 0.795 bits per heavy atom. The maximum Gasteiger partial charge on any atom is 0 e. The molecule has 39 heavy (non-hydrogen) atoms. The van der Waals surface area contributed by atoms with Crippen LogP contribution in [-0.2, 0) is 65.9 Å². The molecule has 0 aromatic rings. The molecule has 0 aromatic heterocycles. The van der Waals surface area contributed by atoms with Crippen LogP contribution in [-0.4, -0.2) is 19.5 Å². The Hall–Kier alpha value is -1.09. The van der Waals surface area contributed by atoms with Gasteiger partial charge in [-0.1, -0.05) is 55.4 Å². The summed E-state index contributed by atoms with van der Waals surface area (Å²) in [7, 11) is -1.91. The Balaban J connectivity index is -0.000000129. The summed E-state index contributed by atoms with van der Waals surface area (Å²) in [6, 6.07) is 0. The fraction of sp³-hybridized carbons (Fsp3) is 0.643. The third-order valence-electron chi connectivity index (χ3n) is 6.62. The van der Waals surface area contributed by atoms with E-state index < -0.39 is 14.4 Å². The predicted octanol–water partition coefficient (Wildman–Crippen LogP) is 5.81. The van der Waals surface area contributed by atoms with Crippen molar-refractivity contribution in [2.24, 2.45) is 17.3 Å². The Kier molecular flexibility index (Phi) is 43.6. The van der Waals surface area contributed by atoms with Crippen molar-refractivity contribution in [3.05, 3.63) is 63.9 Å². The van der Waals surface area contributed by atoms with E-state index in [0.717, 1.165) is 19.3 Å². The number of fused-ring (bicyclic) bond motifs is 1. The van der Waals surface area contributed by atoms with Gasteiger partial charge in [0.1, 0.15) is 0 Å².